The van der Waals surface area contributed by atoms with Gasteiger partial charge in [0.05, 0.1) is 18.2 Å². The highest BCUT2D eigenvalue weighted by Crippen LogP contribution is 2.43. The first-order chi connectivity index (χ1) is 15.4. The van der Waals surface area contributed by atoms with Crippen molar-refractivity contribution in [2.24, 2.45) is 0 Å². The molecule has 2 heterocycles. The smallest absolute Gasteiger partial charge is 0.300 e. The lowest BCUT2D eigenvalue weighted by atomic mass is 9.95. The minimum atomic E-state index is -0.796. The Labute approximate surface area is 186 Å². The van der Waals surface area contributed by atoms with Crippen molar-refractivity contribution in [1.29, 1.82) is 0 Å². The van der Waals surface area contributed by atoms with Gasteiger partial charge in [0, 0.05) is 23.6 Å². The molecule has 1 atom stereocenters. The fourth-order valence-electron chi connectivity index (χ4n) is 3.96. The number of ether oxygens (including phenoxy) is 1. The minimum Gasteiger partial charge on any atom is -0.507 e. The van der Waals surface area contributed by atoms with Crippen molar-refractivity contribution >= 4 is 23.1 Å². The summed E-state index contributed by atoms with van der Waals surface area (Å²) >= 11 is 0. The Balaban J connectivity index is 1.91. The van der Waals surface area contributed by atoms with E-state index >= 15 is 0 Å². The molecule has 1 fully saturated rings. The summed E-state index contributed by atoms with van der Waals surface area (Å²) in [5, 5.41) is 11.2. The zero-order valence-corrected chi connectivity index (χ0v) is 18.2. The van der Waals surface area contributed by atoms with E-state index in [1.165, 1.54) is 4.90 Å². The summed E-state index contributed by atoms with van der Waals surface area (Å²) in [6, 6.07) is 15.2. The SMILES string of the molecule is CCOc1ccc(/C(O)=C2\C(=O)C(=O)N(c3cccc(C)c3C)C2c2cccnc2)cc1. The van der Waals surface area contributed by atoms with Crippen LogP contribution in [0.1, 0.15) is 35.2 Å². The first kappa shape index (κ1) is 21.3. The number of aromatic nitrogens is 1. The normalized spacial score (nSPS) is 17.6. The van der Waals surface area contributed by atoms with Crippen LogP contribution in [0.2, 0.25) is 0 Å². The van der Waals surface area contributed by atoms with Gasteiger partial charge in [0.15, 0.2) is 0 Å². The highest BCUT2D eigenvalue weighted by atomic mass is 16.5. The molecule has 6 heteroatoms. The van der Waals surface area contributed by atoms with Gasteiger partial charge in [-0.15, -0.1) is 0 Å². The molecule has 1 amide bonds. The van der Waals surface area contributed by atoms with E-state index in [1.807, 2.05) is 39.0 Å². The number of ketones is 1. The summed E-state index contributed by atoms with van der Waals surface area (Å²) in [6.07, 6.45) is 3.24. The predicted molar refractivity (Wildman–Crippen MR) is 123 cm³/mol. The van der Waals surface area contributed by atoms with Gasteiger partial charge in [-0.25, -0.2) is 0 Å². The standard InChI is InChI=1S/C26H24N2O4/c1-4-32-20-12-10-18(11-13-20)24(29)22-23(19-8-6-14-27-15-19)28(26(31)25(22)30)21-9-5-7-16(2)17(21)3/h5-15,23,29H,4H2,1-3H3/b24-22+. The molecule has 1 aliphatic rings. The van der Waals surface area contributed by atoms with Gasteiger partial charge >= 0.3 is 0 Å². The predicted octanol–water partition coefficient (Wildman–Crippen LogP) is 4.72. The molecular weight excluding hydrogens is 404 g/mol. The molecule has 0 spiro atoms. The fourth-order valence-corrected chi connectivity index (χ4v) is 3.96. The first-order valence-corrected chi connectivity index (χ1v) is 10.4. The Bertz CT molecular complexity index is 1200. The number of Topliss-reactive ketones (excluding diaryl/α,β-unsaturated/α-hetero) is 1. The van der Waals surface area contributed by atoms with Crippen LogP contribution >= 0.6 is 0 Å². The number of rotatable bonds is 5. The number of benzene rings is 2. The van der Waals surface area contributed by atoms with Crippen LogP contribution < -0.4 is 9.64 Å². The van der Waals surface area contributed by atoms with Gasteiger partial charge in [-0.2, -0.15) is 0 Å². The molecule has 1 aliphatic heterocycles. The fraction of sp³-hybridized carbons (Fsp3) is 0.192. The number of amides is 1. The largest absolute Gasteiger partial charge is 0.507 e. The summed E-state index contributed by atoms with van der Waals surface area (Å²) < 4.78 is 5.46. The van der Waals surface area contributed by atoms with Crippen LogP contribution in [-0.4, -0.2) is 28.4 Å². The molecule has 32 heavy (non-hydrogen) atoms. The van der Waals surface area contributed by atoms with Crippen LogP contribution in [0.25, 0.3) is 5.76 Å². The monoisotopic (exact) mass is 428 g/mol. The number of carbonyl (C=O) groups excluding carboxylic acids is 2. The van der Waals surface area contributed by atoms with Crippen molar-refractivity contribution in [3.8, 4) is 5.75 Å². The van der Waals surface area contributed by atoms with E-state index in [1.54, 1.807) is 48.8 Å². The molecular formula is C26H24N2O4. The van der Waals surface area contributed by atoms with Crippen molar-refractivity contribution in [2.45, 2.75) is 26.8 Å². The Morgan fingerprint density at radius 2 is 1.81 bits per heavy atom. The number of hydrogen-bond donors (Lipinski definition) is 1. The van der Waals surface area contributed by atoms with Crippen LogP contribution in [-0.2, 0) is 9.59 Å². The third kappa shape index (κ3) is 3.64. The van der Waals surface area contributed by atoms with Crippen LogP contribution in [0.3, 0.4) is 0 Å². The van der Waals surface area contributed by atoms with E-state index < -0.39 is 17.7 Å². The second kappa shape index (κ2) is 8.67. The summed E-state index contributed by atoms with van der Waals surface area (Å²) in [6.45, 7) is 6.27. The lowest BCUT2D eigenvalue weighted by molar-refractivity contribution is -0.132. The summed E-state index contributed by atoms with van der Waals surface area (Å²) in [5.74, 6) is -0.983. The van der Waals surface area contributed by atoms with E-state index in [9.17, 15) is 14.7 Å². The average molecular weight is 428 g/mol. The molecule has 1 N–H and O–H groups in total. The average Bonchev–Trinajstić information content (AvgIpc) is 3.07. The number of hydrogen-bond acceptors (Lipinski definition) is 5. The van der Waals surface area contributed by atoms with Gasteiger partial charge < -0.3 is 9.84 Å². The van der Waals surface area contributed by atoms with E-state index in [4.69, 9.17) is 4.74 Å². The molecule has 0 radical (unpaired) electrons. The Hall–Kier alpha value is -3.93. The van der Waals surface area contributed by atoms with Crippen LogP contribution in [0.15, 0.2) is 72.6 Å². The van der Waals surface area contributed by atoms with Crippen LogP contribution in [0.5, 0.6) is 5.75 Å². The zero-order valence-electron chi connectivity index (χ0n) is 18.2. The number of aliphatic hydroxyl groups excluding tert-OH is 1. The molecule has 1 saturated heterocycles. The Kier molecular flexibility index (Phi) is 5.77. The van der Waals surface area contributed by atoms with Gasteiger partial charge in [-0.05, 0) is 73.9 Å². The van der Waals surface area contributed by atoms with Crippen molar-refractivity contribution in [1.82, 2.24) is 4.98 Å². The topological polar surface area (TPSA) is 79.7 Å². The maximum absolute atomic E-state index is 13.2. The minimum absolute atomic E-state index is 0.0352. The number of aliphatic hydroxyl groups is 1. The Morgan fingerprint density at radius 1 is 1.06 bits per heavy atom. The summed E-state index contributed by atoms with van der Waals surface area (Å²) in [4.78, 5) is 32.1. The second-order valence-corrected chi connectivity index (χ2v) is 7.63. The number of pyridine rings is 1. The zero-order chi connectivity index (χ0) is 22.8. The van der Waals surface area contributed by atoms with Gasteiger partial charge in [-0.1, -0.05) is 18.2 Å². The van der Waals surface area contributed by atoms with E-state index in [0.29, 0.717) is 29.2 Å². The first-order valence-electron chi connectivity index (χ1n) is 10.4. The van der Waals surface area contributed by atoms with Crippen molar-refractivity contribution in [2.75, 3.05) is 11.5 Å². The molecule has 0 saturated carbocycles. The number of nitrogens with zero attached hydrogens (tertiary/aromatic N) is 2. The highest BCUT2D eigenvalue weighted by Gasteiger charge is 2.47. The third-order valence-electron chi connectivity index (χ3n) is 5.72. The van der Waals surface area contributed by atoms with Gasteiger partial charge in [0.25, 0.3) is 11.7 Å². The van der Waals surface area contributed by atoms with Gasteiger partial charge in [0.2, 0.25) is 0 Å². The Morgan fingerprint density at radius 3 is 2.47 bits per heavy atom. The van der Waals surface area contributed by atoms with E-state index in [0.717, 1.165) is 11.1 Å². The molecule has 162 valence electrons. The van der Waals surface area contributed by atoms with Crippen LogP contribution in [0, 0.1) is 13.8 Å². The molecule has 1 unspecified atom stereocenters. The van der Waals surface area contributed by atoms with E-state index in [-0.39, 0.29) is 11.3 Å². The number of carbonyl (C=O) groups is 2. The van der Waals surface area contributed by atoms with Crippen molar-refractivity contribution in [3.05, 3.63) is 94.8 Å². The van der Waals surface area contributed by atoms with Crippen molar-refractivity contribution < 1.29 is 19.4 Å². The molecule has 0 bridgehead atoms. The lowest BCUT2D eigenvalue weighted by Crippen LogP contribution is -2.30. The molecule has 2 aromatic carbocycles. The maximum Gasteiger partial charge on any atom is 0.300 e. The highest BCUT2D eigenvalue weighted by molar-refractivity contribution is 6.51. The molecule has 1 aromatic heterocycles. The molecule has 0 aliphatic carbocycles. The quantitative estimate of drug-likeness (QED) is 0.361. The maximum atomic E-state index is 13.2. The van der Waals surface area contributed by atoms with E-state index in [2.05, 4.69) is 4.98 Å². The number of aryl methyl sites for hydroxylation is 1. The van der Waals surface area contributed by atoms with Gasteiger partial charge in [0.1, 0.15) is 11.5 Å². The van der Waals surface area contributed by atoms with Crippen LogP contribution in [0.4, 0.5) is 5.69 Å². The molecule has 3 aromatic rings. The number of anilines is 1. The summed E-state index contributed by atoms with van der Waals surface area (Å²) in [7, 11) is 0. The van der Waals surface area contributed by atoms with Crippen molar-refractivity contribution in [3.63, 3.8) is 0 Å². The second-order valence-electron chi connectivity index (χ2n) is 7.63. The lowest BCUT2D eigenvalue weighted by Gasteiger charge is -2.27. The molecule has 6 nitrogen and oxygen atoms in total. The third-order valence-corrected chi connectivity index (χ3v) is 5.72. The summed E-state index contributed by atoms with van der Waals surface area (Å²) in [5.41, 5.74) is 3.63. The van der Waals surface area contributed by atoms with Gasteiger partial charge in [-0.3, -0.25) is 19.5 Å². The molecule has 4 rings (SSSR count).